The number of amides is 1. The second-order valence-electron chi connectivity index (χ2n) is 3.94. The fourth-order valence-corrected chi connectivity index (χ4v) is 2.07. The summed E-state index contributed by atoms with van der Waals surface area (Å²) in [5.41, 5.74) is 0. The van der Waals surface area contributed by atoms with Crippen LogP contribution in [0.1, 0.15) is 19.8 Å². The zero-order chi connectivity index (χ0) is 11.5. The molecule has 0 aromatic carbocycles. The Labute approximate surface area is 90.5 Å². The number of hydrogen-bond acceptors (Lipinski definition) is 4. The van der Waals surface area contributed by atoms with Crippen LogP contribution in [0.15, 0.2) is 0 Å². The van der Waals surface area contributed by atoms with Crippen LogP contribution in [0.2, 0.25) is 0 Å². The van der Waals surface area contributed by atoms with Gasteiger partial charge < -0.3 is 4.90 Å². The van der Waals surface area contributed by atoms with Crippen molar-refractivity contribution in [2.45, 2.75) is 19.8 Å². The Bertz CT molecular complexity index is 317. The molecular formula is C9H17NO4S. The van der Waals surface area contributed by atoms with Gasteiger partial charge in [-0.2, -0.15) is 8.42 Å². The maximum atomic E-state index is 11.0. The van der Waals surface area contributed by atoms with Crippen molar-refractivity contribution in [2.75, 3.05) is 26.0 Å². The predicted molar refractivity (Wildman–Crippen MR) is 55.8 cm³/mol. The third-order valence-corrected chi connectivity index (χ3v) is 3.14. The van der Waals surface area contributed by atoms with E-state index in [2.05, 4.69) is 0 Å². The summed E-state index contributed by atoms with van der Waals surface area (Å²) >= 11 is 0. The fourth-order valence-electron chi connectivity index (χ4n) is 1.63. The van der Waals surface area contributed by atoms with Crippen molar-refractivity contribution >= 4 is 16.0 Å². The van der Waals surface area contributed by atoms with Gasteiger partial charge >= 0.3 is 0 Å². The smallest absolute Gasteiger partial charge is 0.264 e. The van der Waals surface area contributed by atoms with Gasteiger partial charge in [0.1, 0.15) is 0 Å². The topological polar surface area (TPSA) is 63.7 Å². The van der Waals surface area contributed by atoms with Crippen LogP contribution >= 0.6 is 0 Å². The summed E-state index contributed by atoms with van der Waals surface area (Å²) in [5.74, 6) is 0.327. The molecule has 0 bridgehead atoms. The molecule has 88 valence electrons. The molecule has 1 saturated heterocycles. The minimum atomic E-state index is -3.33. The molecule has 0 saturated carbocycles. The Kier molecular flexibility index (Phi) is 4.10. The molecule has 1 aliphatic heterocycles. The Morgan fingerprint density at radius 2 is 1.93 bits per heavy atom. The molecule has 5 nitrogen and oxygen atoms in total. The van der Waals surface area contributed by atoms with Crippen LogP contribution in [0.5, 0.6) is 0 Å². The van der Waals surface area contributed by atoms with Gasteiger partial charge in [0.2, 0.25) is 5.91 Å². The summed E-state index contributed by atoms with van der Waals surface area (Å²) in [6.07, 6.45) is 2.68. The zero-order valence-corrected chi connectivity index (χ0v) is 9.92. The lowest BCUT2D eigenvalue weighted by molar-refractivity contribution is -0.130. The Balaban J connectivity index is 2.29. The molecule has 0 spiro atoms. The molecule has 0 N–H and O–H groups in total. The molecule has 1 heterocycles. The van der Waals surface area contributed by atoms with E-state index in [1.54, 1.807) is 11.8 Å². The first-order chi connectivity index (χ1) is 6.88. The van der Waals surface area contributed by atoms with Crippen LogP contribution in [-0.2, 0) is 19.1 Å². The molecule has 0 aromatic rings. The fraction of sp³-hybridized carbons (Fsp3) is 0.889. The predicted octanol–water partition coefficient (Wildman–Crippen LogP) is 0.221. The highest BCUT2D eigenvalue weighted by atomic mass is 32.2. The van der Waals surface area contributed by atoms with Crippen molar-refractivity contribution in [3.8, 4) is 0 Å². The van der Waals surface area contributed by atoms with E-state index < -0.39 is 10.1 Å². The van der Waals surface area contributed by atoms with E-state index in [0.29, 0.717) is 13.1 Å². The van der Waals surface area contributed by atoms with Gasteiger partial charge in [-0.15, -0.1) is 0 Å². The lowest BCUT2D eigenvalue weighted by Gasteiger charge is -2.30. The summed E-state index contributed by atoms with van der Waals surface area (Å²) in [6.45, 7) is 3.19. The van der Waals surface area contributed by atoms with Crippen LogP contribution in [0.4, 0.5) is 0 Å². The number of carbonyl (C=O) groups excluding carboxylic acids is 1. The molecule has 0 unspecified atom stereocenters. The third kappa shape index (κ3) is 4.61. The van der Waals surface area contributed by atoms with Crippen molar-refractivity contribution in [1.29, 1.82) is 0 Å². The Hall–Kier alpha value is -0.620. The van der Waals surface area contributed by atoms with Crippen molar-refractivity contribution in [1.82, 2.24) is 4.90 Å². The first kappa shape index (κ1) is 12.4. The number of hydrogen-bond donors (Lipinski definition) is 0. The van der Waals surface area contributed by atoms with Gasteiger partial charge in [0.25, 0.3) is 10.1 Å². The molecule has 0 aliphatic carbocycles. The average Bonchev–Trinajstić information content (AvgIpc) is 2.14. The van der Waals surface area contributed by atoms with Crippen molar-refractivity contribution < 1.29 is 17.4 Å². The highest BCUT2D eigenvalue weighted by molar-refractivity contribution is 7.85. The molecule has 0 atom stereocenters. The quantitative estimate of drug-likeness (QED) is 0.656. The van der Waals surface area contributed by atoms with Crippen LogP contribution in [0.25, 0.3) is 0 Å². The van der Waals surface area contributed by atoms with Crippen LogP contribution in [-0.4, -0.2) is 45.2 Å². The van der Waals surface area contributed by atoms with Gasteiger partial charge in [0.05, 0.1) is 12.9 Å². The summed E-state index contributed by atoms with van der Waals surface area (Å²) in [6, 6.07) is 0. The summed E-state index contributed by atoms with van der Waals surface area (Å²) in [7, 11) is -3.33. The second kappa shape index (κ2) is 4.94. The van der Waals surface area contributed by atoms with Gasteiger partial charge in [-0.25, -0.2) is 0 Å². The SMILES string of the molecule is CC(=O)N1CCC(COS(C)(=O)=O)CC1. The van der Waals surface area contributed by atoms with E-state index in [-0.39, 0.29) is 18.4 Å². The van der Waals surface area contributed by atoms with E-state index in [4.69, 9.17) is 4.18 Å². The maximum Gasteiger partial charge on any atom is 0.264 e. The number of piperidine rings is 1. The summed E-state index contributed by atoms with van der Waals surface area (Å²) in [4.78, 5) is 12.8. The summed E-state index contributed by atoms with van der Waals surface area (Å²) in [5, 5.41) is 0. The molecule has 1 rings (SSSR count). The molecule has 1 amide bonds. The van der Waals surface area contributed by atoms with Crippen LogP contribution in [0.3, 0.4) is 0 Å². The normalized spacial score (nSPS) is 19.2. The molecule has 1 aliphatic rings. The lowest BCUT2D eigenvalue weighted by Crippen LogP contribution is -2.38. The largest absolute Gasteiger partial charge is 0.343 e. The molecule has 0 aromatic heterocycles. The van der Waals surface area contributed by atoms with E-state index >= 15 is 0 Å². The van der Waals surface area contributed by atoms with Crippen molar-refractivity contribution in [3.63, 3.8) is 0 Å². The Morgan fingerprint density at radius 3 is 2.33 bits per heavy atom. The van der Waals surface area contributed by atoms with Gasteiger partial charge in [0.15, 0.2) is 0 Å². The molecule has 6 heteroatoms. The lowest BCUT2D eigenvalue weighted by atomic mass is 9.98. The average molecular weight is 235 g/mol. The molecule has 1 fully saturated rings. The minimum absolute atomic E-state index is 0.0810. The first-order valence-electron chi connectivity index (χ1n) is 4.98. The van der Waals surface area contributed by atoms with Gasteiger partial charge in [0, 0.05) is 20.0 Å². The van der Waals surface area contributed by atoms with Gasteiger partial charge in [-0.3, -0.25) is 8.98 Å². The highest BCUT2D eigenvalue weighted by Gasteiger charge is 2.21. The highest BCUT2D eigenvalue weighted by Crippen LogP contribution is 2.17. The third-order valence-electron chi connectivity index (χ3n) is 2.58. The van der Waals surface area contributed by atoms with Crippen molar-refractivity contribution in [3.05, 3.63) is 0 Å². The van der Waals surface area contributed by atoms with Crippen molar-refractivity contribution in [2.24, 2.45) is 5.92 Å². The first-order valence-corrected chi connectivity index (χ1v) is 6.80. The standard InChI is InChI=1S/C9H17NO4S/c1-8(11)10-5-3-9(4-6-10)7-14-15(2,12)13/h9H,3-7H2,1-2H3. The molecular weight excluding hydrogens is 218 g/mol. The maximum absolute atomic E-state index is 11.0. The zero-order valence-electron chi connectivity index (χ0n) is 9.10. The summed E-state index contributed by atoms with van der Waals surface area (Å²) < 4.78 is 26.3. The van der Waals surface area contributed by atoms with Crippen LogP contribution in [0, 0.1) is 5.92 Å². The molecule has 0 radical (unpaired) electrons. The molecule has 15 heavy (non-hydrogen) atoms. The van der Waals surface area contributed by atoms with E-state index in [0.717, 1.165) is 19.1 Å². The Morgan fingerprint density at radius 1 is 1.40 bits per heavy atom. The monoisotopic (exact) mass is 235 g/mol. The van der Waals surface area contributed by atoms with Gasteiger partial charge in [-0.05, 0) is 18.8 Å². The van der Waals surface area contributed by atoms with E-state index in [9.17, 15) is 13.2 Å². The van der Waals surface area contributed by atoms with E-state index in [1.807, 2.05) is 0 Å². The van der Waals surface area contributed by atoms with E-state index in [1.165, 1.54) is 0 Å². The van der Waals surface area contributed by atoms with Gasteiger partial charge in [-0.1, -0.05) is 0 Å². The number of nitrogens with zero attached hydrogens (tertiary/aromatic N) is 1. The van der Waals surface area contributed by atoms with Crippen LogP contribution < -0.4 is 0 Å². The number of rotatable bonds is 3. The number of carbonyl (C=O) groups is 1. The second-order valence-corrected chi connectivity index (χ2v) is 5.58. The number of likely N-dealkylation sites (tertiary alicyclic amines) is 1. The minimum Gasteiger partial charge on any atom is -0.343 e.